The Hall–Kier alpha value is -15.6. The van der Waals surface area contributed by atoms with Crippen LogP contribution in [0.2, 0.25) is 0 Å². The first-order valence-corrected chi connectivity index (χ1v) is 40.9. The maximum atomic E-state index is 2.44. The van der Waals surface area contributed by atoms with Crippen LogP contribution in [0.4, 0.5) is 0 Å². The lowest BCUT2D eigenvalue weighted by Gasteiger charge is -2.13. The van der Waals surface area contributed by atoms with E-state index in [1.165, 1.54) is 230 Å². The van der Waals surface area contributed by atoms with E-state index in [0.29, 0.717) is 0 Å². The summed E-state index contributed by atoms with van der Waals surface area (Å²) in [5.74, 6) is 0. The third-order valence-electron chi connectivity index (χ3n) is 25.5. The van der Waals surface area contributed by atoms with Crippen LogP contribution in [0.25, 0.3) is 241 Å². The predicted octanol–water partition coefficient (Wildman–Crippen LogP) is 31.0. The van der Waals surface area contributed by atoms with E-state index < -0.39 is 0 Å². The highest BCUT2D eigenvalue weighted by Gasteiger charge is 2.25. The standard InChI is InChI=1S/C58H36N2.C56H34N2/c1-2-14-43-38(12-1)13-11-23-54(43)60-56-22-10-8-20-50(56)53-36-41(28-33-58(53)60)40-27-32-57-52(35-40)49-19-7-9-21-55(49)59(57)42-29-24-37(25-30-42)39-26-31-48-46-17-4-3-15-44(46)45-16-5-6-18-47(45)51(48)34-39;1-2-16-41-35(12-1)13-10-25-51(41)58-53-24-8-6-20-45(53)50-34-37(27-31-55(50)58)36-26-30-54-49(33-36)44-19-5-7-23-52(44)57(54)39-15-9-14-38(32-39)40-28-29-48-43-18-4-3-17-42(43)47-22-11-21-46(40)56(47)48/h1-36H;1-34H. The molecule has 0 saturated carbocycles. The fraction of sp³-hybridized carbons (Fsp3) is 0. The zero-order valence-corrected chi connectivity index (χ0v) is 64.2. The molecule has 0 spiro atoms. The molecule has 0 fully saturated rings. The summed E-state index contributed by atoms with van der Waals surface area (Å²) in [5.41, 5.74) is 29.4. The Balaban J connectivity index is 0.000000132. The van der Waals surface area contributed by atoms with E-state index in [0.717, 1.165) is 11.4 Å². The van der Waals surface area contributed by atoms with E-state index in [-0.39, 0.29) is 0 Å². The molecule has 4 aromatic heterocycles. The molecule has 118 heavy (non-hydrogen) atoms. The van der Waals surface area contributed by atoms with Gasteiger partial charge in [-0.2, -0.15) is 0 Å². The third kappa shape index (κ3) is 9.97. The highest BCUT2D eigenvalue weighted by molar-refractivity contribution is 6.26. The Labute approximate surface area is 679 Å². The molecule has 0 unspecified atom stereocenters. The number of benzene rings is 21. The van der Waals surface area contributed by atoms with Crippen molar-refractivity contribution >= 4 is 152 Å². The summed E-state index contributed by atoms with van der Waals surface area (Å²) in [5, 5.41) is 25.5. The second-order valence-electron chi connectivity index (χ2n) is 31.7. The van der Waals surface area contributed by atoms with Crippen LogP contribution in [0.15, 0.2) is 425 Å². The van der Waals surface area contributed by atoms with Gasteiger partial charge in [-0.05, 0) is 236 Å². The van der Waals surface area contributed by atoms with E-state index in [4.69, 9.17) is 0 Å². The highest BCUT2D eigenvalue weighted by Crippen LogP contribution is 2.51. The van der Waals surface area contributed by atoms with Crippen molar-refractivity contribution in [2.45, 2.75) is 0 Å². The molecule has 4 heterocycles. The van der Waals surface area contributed by atoms with Crippen LogP contribution in [0.3, 0.4) is 0 Å². The van der Waals surface area contributed by atoms with Crippen LogP contribution < -0.4 is 0 Å². The van der Waals surface area contributed by atoms with Crippen molar-refractivity contribution in [3.63, 3.8) is 0 Å². The second-order valence-corrected chi connectivity index (χ2v) is 31.7. The Kier molecular flexibility index (Phi) is 14.5. The minimum Gasteiger partial charge on any atom is -0.309 e. The molecule has 4 nitrogen and oxygen atoms in total. The summed E-state index contributed by atoms with van der Waals surface area (Å²) in [4.78, 5) is 0. The monoisotopic (exact) mass is 1490 g/mol. The quantitative estimate of drug-likeness (QED) is 0.135. The van der Waals surface area contributed by atoms with E-state index in [1.54, 1.807) is 0 Å². The minimum absolute atomic E-state index is 1.15. The van der Waals surface area contributed by atoms with Crippen molar-refractivity contribution in [1.82, 2.24) is 18.3 Å². The Bertz CT molecular complexity index is 8500. The molecular formula is C114H70N4. The summed E-state index contributed by atoms with van der Waals surface area (Å²) in [6.45, 7) is 0. The van der Waals surface area contributed by atoms with Gasteiger partial charge in [0.15, 0.2) is 0 Å². The maximum Gasteiger partial charge on any atom is 0.0541 e. The summed E-state index contributed by atoms with van der Waals surface area (Å²) in [7, 11) is 0. The molecule has 0 saturated heterocycles. The van der Waals surface area contributed by atoms with Crippen molar-refractivity contribution in [2.75, 3.05) is 0 Å². The van der Waals surface area contributed by atoms with Gasteiger partial charge < -0.3 is 18.3 Å². The van der Waals surface area contributed by atoms with Crippen LogP contribution in [-0.2, 0) is 0 Å². The van der Waals surface area contributed by atoms with Gasteiger partial charge in [0.25, 0.3) is 0 Å². The van der Waals surface area contributed by atoms with Gasteiger partial charge in [-0.3, -0.25) is 0 Å². The van der Waals surface area contributed by atoms with E-state index >= 15 is 0 Å². The number of hydrogen-bond donors (Lipinski definition) is 0. The lowest BCUT2D eigenvalue weighted by atomic mass is 9.92. The largest absolute Gasteiger partial charge is 0.309 e. The molecule has 26 rings (SSSR count). The van der Waals surface area contributed by atoms with Gasteiger partial charge in [0.05, 0.1) is 55.5 Å². The van der Waals surface area contributed by atoms with Crippen LogP contribution >= 0.6 is 0 Å². The van der Waals surface area contributed by atoms with Crippen molar-refractivity contribution in [1.29, 1.82) is 0 Å². The molecule has 4 heteroatoms. The molecule has 0 N–H and O–H groups in total. The molecule has 1 aliphatic rings. The van der Waals surface area contributed by atoms with Gasteiger partial charge in [-0.15, -0.1) is 0 Å². The van der Waals surface area contributed by atoms with E-state index in [2.05, 4.69) is 443 Å². The Morgan fingerprint density at radius 3 is 0.924 bits per heavy atom. The average molecular weight is 1500 g/mol. The fourth-order valence-corrected chi connectivity index (χ4v) is 20.3. The molecule has 0 aliphatic heterocycles. The zero-order chi connectivity index (χ0) is 77.2. The van der Waals surface area contributed by atoms with Crippen LogP contribution in [0, 0.1) is 0 Å². The fourth-order valence-electron chi connectivity index (χ4n) is 20.3. The normalized spacial score (nSPS) is 12.1. The van der Waals surface area contributed by atoms with Crippen molar-refractivity contribution in [3.8, 4) is 89.5 Å². The summed E-state index contributed by atoms with van der Waals surface area (Å²) >= 11 is 0. The van der Waals surface area contributed by atoms with Gasteiger partial charge >= 0.3 is 0 Å². The number of para-hydroxylation sites is 4. The molecule has 0 atom stereocenters. The first kappa shape index (κ1) is 65.9. The number of aromatic nitrogens is 4. The van der Waals surface area contributed by atoms with Gasteiger partial charge in [0.1, 0.15) is 0 Å². The first-order chi connectivity index (χ1) is 58.5. The molecular weight excluding hydrogens is 1430 g/mol. The Morgan fingerprint density at radius 2 is 0.432 bits per heavy atom. The van der Waals surface area contributed by atoms with Crippen LogP contribution in [-0.4, -0.2) is 18.3 Å². The number of rotatable bonds is 8. The Morgan fingerprint density at radius 1 is 0.127 bits per heavy atom. The summed E-state index contributed by atoms with van der Waals surface area (Å²) < 4.78 is 9.72. The molecule has 0 bridgehead atoms. The smallest absolute Gasteiger partial charge is 0.0541 e. The minimum atomic E-state index is 1.15. The maximum absolute atomic E-state index is 2.44. The lowest BCUT2D eigenvalue weighted by Crippen LogP contribution is -1.95. The summed E-state index contributed by atoms with van der Waals surface area (Å²) in [6, 6.07) is 157. The van der Waals surface area contributed by atoms with Crippen molar-refractivity contribution < 1.29 is 0 Å². The predicted molar refractivity (Wildman–Crippen MR) is 501 cm³/mol. The lowest BCUT2D eigenvalue weighted by molar-refractivity contribution is 1.18. The molecule has 546 valence electrons. The van der Waals surface area contributed by atoms with Gasteiger partial charge in [0, 0.05) is 65.2 Å². The van der Waals surface area contributed by atoms with E-state index in [9.17, 15) is 0 Å². The number of nitrogens with zero attached hydrogens (tertiary/aromatic N) is 4. The van der Waals surface area contributed by atoms with Crippen LogP contribution in [0.5, 0.6) is 0 Å². The average Bonchev–Trinajstić information content (AvgIpc) is 0.803. The van der Waals surface area contributed by atoms with Crippen LogP contribution in [0.1, 0.15) is 0 Å². The van der Waals surface area contributed by atoms with Crippen molar-refractivity contribution in [2.24, 2.45) is 0 Å². The van der Waals surface area contributed by atoms with Gasteiger partial charge in [0.2, 0.25) is 0 Å². The first-order valence-electron chi connectivity index (χ1n) is 40.9. The topological polar surface area (TPSA) is 19.7 Å². The number of fused-ring (bicyclic) bond motifs is 23. The summed E-state index contributed by atoms with van der Waals surface area (Å²) in [6.07, 6.45) is 0. The molecule has 21 aromatic carbocycles. The third-order valence-corrected chi connectivity index (χ3v) is 25.5. The molecule has 0 amide bonds. The van der Waals surface area contributed by atoms with Gasteiger partial charge in [-0.1, -0.05) is 309 Å². The van der Waals surface area contributed by atoms with Gasteiger partial charge in [-0.25, -0.2) is 0 Å². The van der Waals surface area contributed by atoms with Crippen molar-refractivity contribution in [3.05, 3.63) is 425 Å². The zero-order valence-electron chi connectivity index (χ0n) is 64.2. The SMILES string of the molecule is c1cc(-c2ccc3c4c(cccc24)-c2ccccc2-3)cc(-n2c3ccccc3c3cc(-c4ccc5c(c4)c4ccccc4n5-c4cccc5ccccc45)ccc32)c1.c1ccc2c(-n3c4ccccc4c4cc(-c5ccc6c(c5)c5ccccc5n6-c5ccc(-c6ccc7c8ccccc8c8ccccc8c7c6)cc5)ccc43)cccc2c1. The number of hydrogen-bond acceptors (Lipinski definition) is 0. The highest BCUT2D eigenvalue weighted by atomic mass is 15.0. The molecule has 1 aliphatic carbocycles. The molecule has 0 radical (unpaired) electrons. The second kappa shape index (κ2) is 26.0. The molecule has 25 aromatic rings. The van der Waals surface area contributed by atoms with E-state index in [1.807, 2.05) is 0 Å².